The zero-order valence-electron chi connectivity index (χ0n) is 15.6. The zero-order valence-corrected chi connectivity index (χ0v) is 15.6. The minimum Gasteiger partial charge on any atom is -0.368 e. The summed E-state index contributed by atoms with van der Waals surface area (Å²) in [6.45, 7) is 6.81. The number of rotatable bonds is 5. The number of anilines is 1. The normalized spacial score (nSPS) is 14.4. The minimum absolute atomic E-state index is 0.0838. The first-order chi connectivity index (χ1) is 12.5. The van der Waals surface area contributed by atoms with Crippen LogP contribution >= 0.6 is 0 Å². The summed E-state index contributed by atoms with van der Waals surface area (Å²) in [6.07, 6.45) is 1.36. The SMILES string of the molecule is CC(=O)c1ccc(N2CCN(C(=O)CCc3ccc(C)cc3)CC2)cc1. The van der Waals surface area contributed by atoms with Crippen molar-refractivity contribution in [3.05, 3.63) is 65.2 Å². The van der Waals surface area contributed by atoms with E-state index in [-0.39, 0.29) is 11.7 Å². The molecule has 2 aromatic carbocycles. The van der Waals surface area contributed by atoms with Gasteiger partial charge >= 0.3 is 0 Å². The monoisotopic (exact) mass is 350 g/mol. The van der Waals surface area contributed by atoms with Gasteiger partial charge in [0.15, 0.2) is 5.78 Å². The number of carbonyl (C=O) groups is 2. The van der Waals surface area contributed by atoms with Crippen LogP contribution in [-0.2, 0) is 11.2 Å². The lowest BCUT2D eigenvalue weighted by atomic mass is 10.1. The van der Waals surface area contributed by atoms with E-state index in [1.807, 2.05) is 29.2 Å². The molecule has 1 fully saturated rings. The average Bonchev–Trinajstić information content (AvgIpc) is 2.67. The largest absolute Gasteiger partial charge is 0.368 e. The highest BCUT2D eigenvalue weighted by molar-refractivity contribution is 5.94. The highest BCUT2D eigenvalue weighted by atomic mass is 16.2. The molecule has 0 aromatic heterocycles. The van der Waals surface area contributed by atoms with E-state index in [1.54, 1.807) is 6.92 Å². The maximum atomic E-state index is 12.5. The van der Waals surface area contributed by atoms with E-state index >= 15 is 0 Å². The second kappa shape index (κ2) is 8.17. The number of benzene rings is 2. The van der Waals surface area contributed by atoms with E-state index in [0.717, 1.165) is 43.9 Å². The topological polar surface area (TPSA) is 40.6 Å². The lowest BCUT2D eigenvalue weighted by Crippen LogP contribution is -2.48. The van der Waals surface area contributed by atoms with Gasteiger partial charge in [-0.15, -0.1) is 0 Å². The van der Waals surface area contributed by atoms with Crippen LogP contribution in [0.25, 0.3) is 0 Å². The van der Waals surface area contributed by atoms with E-state index in [4.69, 9.17) is 0 Å². The van der Waals surface area contributed by atoms with Crippen molar-refractivity contribution in [1.82, 2.24) is 4.90 Å². The molecule has 0 unspecified atom stereocenters. The molecule has 1 aliphatic heterocycles. The number of piperazine rings is 1. The van der Waals surface area contributed by atoms with Crippen molar-refractivity contribution in [3.8, 4) is 0 Å². The van der Waals surface area contributed by atoms with Crippen LogP contribution in [0.3, 0.4) is 0 Å². The average molecular weight is 350 g/mol. The molecule has 2 aromatic rings. The molecule has 0 spiro atoms. The van der Waals surface area contributed by atoms with Crippen LogP contribution in [0.5, 0.6) is 0 Å². The van der Waals surface area contributed by atoms with Crippen molar-refractivity contribution in [2.75, 3.05) is 31.1 Å². The molecule has 1 aliphatic rings. The number of aryl methyl sites for hydroxylation is 2. The Bertz CT molecular complexity index is 758. The van der Waals surface area contributed by atoms with Gasteiger partial charge in [-0.25, -0.2) is 0 Å². The molecule has 1 amide bonds. The summed E-state index contributed by atoms with van der Waals surface area (Å²) >= 11 is 0. The van der Waals surface area contributed by atoms with Gasteiger partial charge in [0, 0.05) is 43.9 Å². The summed E-state index contributed by atoms with van der Waals surface area (Å²) in [5.74, 6) is 0.317. The minimum atomic E-state index is 0.0838. The second-order valence-electron chi connectivity index (χ2n) is 6.96. The molecule has 0 N–H and O–H groups in total. The van der Waals surface area contributed by atoms with Gasteiger partial charge in [-0.3, -0.25) is 9.59 Å². The predicted octanol–water partition coefficient (Wildman–Crippen LogP) is 3.48. The second-order valence-corrected chi connectivity index (χ2v) is 6.96. The Kier molecular flexibility index (Phi) is 5.71. The molecular formula is C22H26N2O2. The Morgan fingerprint density at radius 1 is 0.885 bits per heavy atom. The van der Waals surface area contributed by atoms with Gasteiger partial charge in [0.25, 0.3) is 0 Å². The molecule has 4 heteroatoms. The van der Waals surface area contributed by atoms with Crippen molar-refractivity contribution in [2.24, 2.45) is 0 Å². The summed E-state index contributed by atoms with van der Waals surface area (Å²) in [7, 11) is 0. The molecule has 1 saturated heterocycles. The first kappa shape index (κ1) is 18.2. The number of amides is 1. The van der Waals surface area contributed by atoms with E-state index in [9.17, 15) is 9.59 Å². The number of Topliss-reactive ketones (excluding diaryl/α,β-unsaturated/α-hetero) is 1. The number of hydrogen-bond donors (Lipinski definition) is 0. The number of ketones is 1. The summed E-state index contributed by atoms with van der Waals surface area (Å²) in [6, 6.07) is 16.1. The van der Waals surface area contributed by atoms with Crippen LogP contribution in [0.2, 0.25) is 0 Å². The summed E-state index contributed by atoms with van der Waals surface area (Å²) < 4.78 is 0. The van der Waals surface area contributed by atoms with Gasteiger partial charge in [0.2, 0.25) is 5.91 Å². The predicted molar refractivity (Wildman–Crippen MR) is 105 cm³/mol. The Labute approximate surface area is 155 Å². The number of hydrogen-bond acceptors (Lipinski definition) is 3. The van der Waals surface area contributed by atoms with Crippen molar-refractivity contribution in [1.29, 1.82) is 0 Å². The van der Waals surface area contributed by atoms with Crippen molar-refractivity contribution >= 4 is 17.4 Å². The van der Waals surface area contributed by atoms with Gasteiger partial charge in [-0.2, -0.15) is 0 Å². The van der Waals surface area contributed by atoms with E-state index in [1.165, 1.54) is 11.1 Å². The smallest absolute Gasteiger partial charge is 0.223 e. The molecule has 0 radical (unpaired) electrons. The number of nitrogens with zero attached hydrogens (tertiary/aromatic N) is 2. The Balaban J connectivity index is 1.48. The standard InChI is InChI=1S/C22H26N2O2/c1-17-3-5-19(6-4-17)7-12-22(26)24-15-13-23(14-16-24)21-10-8-20(9-11-21)18(2)25/h3-6,8-11H,7,12-16H2,1-2H3. The molecule has 0 bridgehead atoms. The molecule has 3 rings (SSSR count). The molecule has 26 heavy (non-hydrogen) atoms. The Morgan fingerprint density at radius 2 is 1.50 bits per heavy atom. The van der Waals surface area contributed by atoms with E-state index in [2.05, 4.69) is 36.1 Å². The lowest BCUT2D eigenvalue weighted by molar-refractivity contribution is -0.131. The maximum Gasteiger partial charge on any atom is 0.223 e. The third kappa shape index (κ3) is 4.51. The molecule has 0 saturated carbocycles. The fraction of sp³-hybridized carbons (Fsp3) is 0.364. The lowest BCUT2D eigenvalue weighted by Gasteiger charge is -2.36. The molecule has 4 nitrogen and oxygen atoms in total. The Hall–Kier alpha value is -2.62. The van der Waals surface area contributed by atoms with Gasteiger partial charge in [-0.05, 0) is 50.1 Å². The van der Waals surface area contributed by atoms with E-state index in [0.29, 0.717) is 6.42 Å². The number of carbonyl (C=O) groups excluding carboxylic acids is 2. The Morgan fingerprint density at radius 3 is 2.08 bits per heavy atom. The van der Waals surface area contributed by atoms with Gasteiger partial charge in [-0.1, -0.05) is 29.8 Å². The fourth-order valence-electron chi connectivity index (χ4n) is 3.29. The van der Waals surface area contributed by atoms with Crippen LogP contribution in [0.1, 0.15) is 34.8 Å². The molecular weight excluding hydrogens is 324 g/mol. The van der Waals surface area contributed by atoms with Crippen LogP contribution in [0, 0.1) is 6.92 Å². The first-order valence-corrected chi connectivity index (χ1v) is 9.22. The summed E-state index contributed by atoms with van der Waals surface area (Å²) in [4.78, 5) is 28.1. The maximum absolute atomic E-state index is 12.5. The quantitative estimate of drug-likeness (QED) is 0.775. The highest BCUT2D eigenvalue weighted by Crippen LogP contribution is 2.18. The summed E-state index contributed by atoms with van der Waals surface area (Å²) in [5, 5.41) is 0. The highest BCUT2D eigenvalue weighted by Gasteiger charge is 2.21. The van der Waals surface area contributed by atoms with Gasteiger partial charge in [0.1, 0.15) is 0 Å². The van der Waals surface area contributed by atoms with Crippen LogP contribution in [0.4, 0.5) is 5.69 Å². The van der Waals surface area contributed by atoms with Crippen molar-refractivity contribution < 1.29 is 9.59 Å². The first-order valence-electron chi connectivity index (χ1n) is 9.22. The van der Waals surface area contributed by atoms with Crippen molar-refractivity contribution in [3.63, 3.8) is 0 Å². The molecule has 0 atom stereocenters. The van der Waals surface area contributed by atoms with Crippen LogP contribution in [0.15, 0.2) is 48.5 Å². The molecule has 1 heterocycles. The zero-order chi connectivity index (χ0) is 18.5. The summed E-state index contributed by atoms with van der Waals surface area (Å²) in [5.41, 5.74) is 4.31. The fourth-order valence-corrected chi connectivity index (χ4v) is 3.29. The van der Waals surface area contributed by atoms with Crippen LogP contribution < -0.4 is 4.90 Å². The van der Waals surface area contributed by atoms with Gasteiger partial charge in [0.05, 0.1) is 0 Å². The van der Waals surface area contributed by atoms with E-state index < -0.39 is 0 Å². The third-order valence-electron chi connectivity index (χ3n) is 5.02. The molecule has 0 aliphatic carbocycles. The van der Waals surface area contributed by atoms with Gasteiger partial charge < -0.3 is 9.80 Å². The van der Waals surface area contributed by atoms with Crippen LogP contribution in [-0.4, -0.2) is 42.8 Å². The van der Waals surface area contributed by atoms with Crippen molar-refractivity contribution in [2.45, 2.75) is 26.7 Å². The third-order valence-corrected chi connectivity index (χ3v) is 5.02. The molecule has 136 valence electrons.